The molecule has 230 valence electrons. The summed E-state index contributed by atoms with van der Waals surface area (Å²) in [6, 6.07) is 45.0. The Morgan fingerprint density at radius 3 is 1.72 bits per heavy atom. The average molecular weight is 657 g/mol. The van der Waals surface area contributed by atoms with E-state index in [1.807, 2.05) is 60.7 Å². The zero-order chi connectivity index (χ0) is 33.5. The Hall–Kier alpha value is -7.00. The first kappa shape index (κ1) is 28.1. The number of thiophene rings is 1. The van der Waals surface area contributed by atoms with E-state index in [0.717, 1.165) is 36.9 Å². The first-order valence-electron chi connectivity index (χ1n) is 15.9. The van der Waals surface area contributed by atoms with E-state index in [0.29, 0.717) is 16.3 Å². The summed E-state index contributed by atoms with van der Waals surface area (Å²) in [5.41, 5.74) is 2.90. The molecule has 0 aliphatic carbocycles. The average Bonchev–Trinajstić information content (AvgIpc) is 3.53. The summed E-state index contributed by atoms with van der Waals surface area (Å²) in [7, 11) is 0. The molecule has 3 aromatic heterocycles. The third-order valence-electron chi connectivity index (χ3n) is 9.53. The summed E-state index contributed by atoms with van der Waals surface area (Å²) in [6.07, 6.45) is 0. The number of aromatic nitrogens is 4. The zero-order valence-electron chi connectivity index (χ0n) is 26.0. The fraction of sp³-hybridized carbons (Fsp3) is 0. The van der Waals surface area contributed by atoms with Crippen molar-refractivity contribution in [2.45, 2.75) is 0 Å². The first-order valence-corrected chi connectivity index (χ1v) is 16.8. The van der Waals surface area contributed by atoms with E-state index >= 15 is 0 Å². The van der Waals surface area contributed by atoms with Crippen LogP contribution in [-0.2, 0) is 0 Å². The lowest BCUT2D eigenvalue weighted by atomic mass is 9.93. The zero-order valence-corrected chi connectivity index (χ0v) is 26.9. The van der Waals surface area contributed by atoms with Crippen LogP contribution < -0.4 is 5.43 Å². The summed E-state index contributed by atoms with van der Waals surface area (Å²) in [4.78, 5) is 26.7. The molecule has 0 aliphatic heterocycles. The minimum atomic E-state index is -0.128. The van der Waals surface area contributed by atoms with Crippen molar-refractivity contribution in [2.75, 3.05) is 0 Å². The fourth-order valence-corrected chi connectivity index (χ4v) is 8.52. The van der Waals surface area contributed by atoms with Crippen molar-refractivity contribution in [1.29, 1.82) is 10.5 Å². The maximum atomic E-state index is 14.2. The second-order valence-corrected chi connectivity index (χ2v) is 13.3. The van der Waals surface area contributed by atoms with E-state index in [2.05, 4.69) is 92.3 Å². The van der Waals surface area contributed by atoms with Gasteiger partial charge in [-0.05, 0) is 80.8 Å². The van der Waals surface area contributed by atoms with Crippen LogP contribution in [0.3, 0.4) is 0 Å². The van der Waals surface area contributed by atoms with E-state index in [1.165, 1.54) is 32.3 Å². The lowest BCUT2D eigenvalue weighted by Crippen LogP contribution is -2.10. The molecule has 10 aromatic rings. The number of para-hydroxylation sites is 1. The van der Waals surface area contributed by atoms with Crippen LogP contribution in [-0.4, -0.2) is 19.5 Å². The van der Waals surface area contributed by atoms with Crippen molar-refractivity contribution in [3.63, 3.8) is 0 Å². The minimum absolute atomic E-state index is 0.0312. The lowest BCUT2D eigenvalue weighted by molar-refractivity contribution is 0.995. The van der Waals surface area contributed by atoms with Gasteiger partial charge in [0.05, 0.1) is 11.0 Å². The Kier molecular flexibility index (Phi) is 5.89. The highest BCUT2D eigenvalue weighted by atomic mass is 32.1. The van der Waals surface area contributed by atoms with Crippen molar-refractivity contribution < 1.29 is 0 Å². The maximum Gasteiger partial charge on any atom is 0.236 e. The SMILES string of the molecule is N#Cc1nc(C#N)nc(-c2cccc(-n3c4ccccc4c(=O)c4cc5c(cc43)sc3cc4c6ccccc6c6ccccc6c4cc35)c2)n1. The molecule has 0 bridgehead atoms. The van der Waals surface area contributed by atoms with E-state index in [4.69, 9.17) is 0 Å². The predicted octanol–water partition coefficient (Wildman–Crippen LogP) is 9.57. The van der Waals surface area contributed by atoms with Crippen molar-refractivity contribution in [3.05, 3.63) is 143 Å². The molecule has 0 atom stereocenters. The molecule has 0 spiro atoms. The van der Waals surface area contributed by atoms with Gasteiger partial charge in [0, 0.05) is 42.2 Å². The van der Waals surface area contributed by atoms with Gasteiger partial charge in [0.2, 0.25) is 11.6 Å². The van der Waals surface area contributed by atoms with Crippen molar-refractivity contribution in [2.24, 2.45) is 0 Å². The molecule has 0 radical (unpaired) electrons. The third-order valence-corrected chi connectivity index (χ3v) is 10.6. The highest BCUT2D eigenvalue weighted by Crippen LogP contribution is 2.43. The molecule has 0 unspecified atom stereocenters. The van der Waals surface area contributed by atoms with Gasteiger partial charge in [-0.1, -0.05) is 72.8 Å². The van der Waals surface area contributed by atoms with Crippen molar-refractivity contribution >= 4 is 85.6 Å². The third kappa shape index (κ3) is 4.00. The number of pyridine rings is 1. The van der Waals surface area contributed by atoms with Gasteiger partial charge in [-0.3, -0.25) is 4.79 Å². The molecule has 10 rings (SSSR count). The molecular formula is C42H20N6OS. The Labute approximate surface area is 287 Å². The van der Waals surface area contributed by atoms with Gasteiger partial charge < -0.3 is 4.57 Å². The number of hydrogen-bond acceptors (Lipinski definition) is 7. The van der Waals surface area contributed by atoms with E-state index in [9.17, 15) is 15.3 Å². The highest BCUT2D eigenvalue weighted by Gasteiger charge is 2.18. The van der Waals surface area contributed by atoms with Gasteiger partial charge in [0.15, 0.2) is 11.3 Å². The van der Waals surface area contributed by atoms with Crippen molar-refractivity contribution in [3.8, 4) is 29.2 Å². The summed E-state index contributed by atoms with van der Waals surface area (Å²) >= 11 is 1.73. The molecule has 0 N–H and O–H groups in total. The van der Waals surface area contributed by atoms with Crippen LogP contribution in [0.1, 0.15) is 11.6 Å². The highest BCUT2D eigenvalue weighted by molar-refractivity contribution is 7.26. The van der Waals surface area contributed by atoms with E-state index in [1.54, 1.807) is 11.3 Å². The number of rotatable bonds is 2. The maximum absolute atomic E-state index is 14.2. The number of benzene rings is 7. The minimum Gasteiger partial charge on any atom is -0.309 e. The largest absolute Gasteiger partial charge is 0.309 e. The molecule has 0 amide bonds. The van der Waals surface area contributed by atoms with Crippen LogP contribution in [0.15, 0.2) is 126 Å². The first-order chi connectivity index (χ1) is 24.6. The molecule has 0 aliphatic rings. The van der Waals surface area contributed by atoms with Gasteiger partial charge in [-0.25, -0.2) is 0 Å². The Bertz CT molecular complexity index is 3240. The summed E-state index contributed by atoms with van der Waals surface area (Å²) in [5.74, 6) is -0.0299. The summed E-state index contributed by atoms with van der Waals surface area (Å²) < 4.78 is 4.32. The van der Waals surface area contributed by atoms with Crippen LogP contribution in [0.4, 0.5) is 0 Å². The molecule has 3 heterocycles. The summed E-state index contributed by atoms with van der Waals surface area (Å²) in [6.45, 7) is 0. The van der Waals surface area contributed by atoms with Crippen LogP contribution in [0, 0.1) is 22.7 Å². The number of nitriles is 2. The van der Waals surface area contributed by atoms with E-state index in [-0.39, 0.29) is 22.9 Å². The predicted molar refractivity (Wildman–Crippen MR) is 201 cm³/mol. The quantitative estimate of drug-likeness (QED) is 0.135. The topological polar surface area (TPSA) is 108 Å². The molecule has 7 nitrogen and oxygen atoms in total. The van der Waals surface area contributed by atoms with E-state index < -0.39 is 0 Å². The second-order valence-electron chi connectivity index (χ2n) is 12.2. The molecule has 0 fully saturated rings. The summed E-state index contributed by atoms with van der Waals surface area (Å²) in [5, 5.41) is 29.6. The van der Waals surface area contributed by atoms with Crippen LogP contribution >= 0.6 is 11.3 Å². The fourth-order valence-electron chi connectivity index (χ4n) is 7.38. The Morgan fingerprint density at radius 1 is 0.500 bits per heavy atom. The van der Waals surface area contributed by atoms with Crippen molar-refractivity contribution in [1.82, 2.24) is 19.5 Å². The molecular weight excluding hydrogens is 637 g/mol. The molecule has 7 aromatic carbocycles. The van der Waals surface area contributed by atoms with Gasteiger partial charge >= 0.3 is 0 Å². The molecule has 0 saturated heterocycles. The van der Waals surface area contributed by atoms with Crippen LogP contribution in [0.25, 0.3) is 91.4 Å². The number of nitrogens with zero attached hydrogens (tertiary/aromatic N) is 6. The normalized spacial score (nSPS) is 11.6. The monoisotopic (exact) mass is 656 g/mol. The van der Waals surface area contributed by atoms with Crippen LogP contribution in [0.5, 0.6) is 0 Å². The van der Waals surface area contributed by atoms with Gasteiger partial charge in [0.1, 0.15) is 12.1 Å². The van der Waals surface area contributed by atoms with Crippen LogP contribution in [0.2, 0.25) is 0 Å². The molecule has 0 saturated carbocycles. The lowest BCUT2D eigenvalue weighted by Gasteiger charge is -2.16. The van der Waals surface area contributed by atoms with Gasteiger partial charge in [0.25, 0.3) is 0 Å². The van der Waals surface area contributed by atoms with Gasteiger partial charge in [-0.15, -0.1) is 11.3 Å². The van der Waals surface area contributed by atoms with Gasteiger partial charge in [-0.2, -0.15) is 25.5 Å². The second kappa shape index (κ2) is 10.5. The standard InChI is InChI=1S/C42H20N6OS/c43-21-39-45-40(22-44)47-42(46-39)23-8-7-9-24(16-23)48-35-15-6-5-14-29(35)41(49)34-18-33-32-17-30-27-12-3-1-10-25(27)26-11-2-4-13-28(26)31(30)19-37(32)50-38(33)20-36(34)48/h1-20H. The Balaban J connectivity index is 1.29. The smallest absolute Gasteiger partial charge is 0.236 e. The number of hydrogen-bond donors (Lipinski definition) is 0. The Morgan fingerprint density at radius 2 is 1.06 bits per heavy atom. The number of fused-ring (bicyclic) bond motifs is 11. The molecule has 8 heteroatoms. The molecule has 50 heavy (non-hydrogen) atoms.